The minimum absolute atomic E-state index is 0.205. The highest BCUT2D eigenvalue weighted by Crippen LogP contribution is 2.39. The molecule has 0 saturated carbocycles. The van der Waals surface area contributed by atoms with E-state index in [-0.39, 0.29) is 21.1 Å². The summed E-state index contributed by atoms with van der Waals surface area (Å²) < 4.78 is 68.9. The first kappa shape index (κ1) is 19.4. The van der Waals surface area contributed by atoms with Gasteiger partial charge in [0.2, 0.25) is 10.0 Å². The second-order valence-corrected chi connectivity index (χ2v) is 8.00. The first-order chi connectivity index (χ1) is 12.5. The third kappa shape index (κ3) is 4.00. The highest BCUT2D eigenvalue weighted by Gasteiger charge is 2.37. The van der Waals surface area contributed by atoms with Crippen LogP contribution >= 0.6 is 0 Å². The number of hydrogen-bond donors (Lipinski definition) is 2. The van der Waals surface area contributed by atoms with E-state index in [9.17, 15) is 31.2 Å². The number of benzene rings is 1. The molecule has 1 aromatic heterocycles. The number of aromatic nitrogens is 2. The van der Waals surface area contributed by atoms with Gasteiger partial charge in [0.25, 0.3) is 5.56 Å². The van der Waals surface area contributed by atoms with Gasteiger partial charge in [-0.2, -0.15) is 17.8 Å². The molecule has 1 aliphatic heterocycles. The fourth-order valence-electron chi connectivity index (χ4n) is 3.03. The van der Waals surface area contributed by atoms with Gasteiger partial charge in [0.1, 0.15) is 0 Å². The topological polar surface area (TPSA) is 110 Å². The molecule has 2 N–H and O–H groups in total. The predicted molar refractivity (Wildman–Crippen MR) is 90.6 cm³/mol. The van der Waals surface area contributed by atoms with Crippen LogP contribution in [0.5, 0.6) is 0 Å². The number of ether oxygens (including phenoxy) is 1. The molecule has 0 radical (unpaired) electrons. The number of fused-ring (bicyclic) bond motifs is 1. The van der Waals surface area contributed by atoms with Gasteiger partial charge in [0.05, 0.1) is 28.8 Å². The zero-order chi connectivity index (χ0) is 20.0. The van der Waals surface area contributed by atoms with Crippen LogP contribution in [-0.2, 0) is 20.9 Å². The van der Waals surface area contributed by atoms with Crippen molar-refractivity contribution in [2.45, 2.75) is 31.5 Å². The van der Waals surface area contributed by atoms with E-state index in [1.165, 1.54) is 0 Å². The summed E-state index contributed by atoms with van der Waals surface area (Å²) in [5.74, 6) is 0. The summed E-state index contributed by atoms with van der Waals surface area (Å²) in [5, 5.41) is -0.261. The summed E-state index contributed by atoms with van der Waals surface area (Å²) in [6.07, 6.45) is -3.08. The van der Waals surface area contributed by atoms with Gasteiger partial charge >= 0.3 is 11.9 Å². The first-order valence-electron chi connectivity index (χ1n) is 7.97. The molecule has 12 heteroatoms. The zero-order valence-electron chi connectivity index (χ0n) is 14.1. The second kappa shape index (κ2) is 6.68. The molecule has 3 rings (SSSR count). The van der Waals surface area contributed by atoms with E-state index in [0.29, 0.717) is 25.5 Å². The van der Waals surface area contributed by atoms with Crippen LogP contribution in [0.25, 0.3) is 10.9 Å². The Labute approximate surface area is 151 Å². The standard InChI is InChI=1S/C15H16F3N3O5S/c1-27(24,25)20-21-13(22)9-6-8(12-4-2-3-5-26-12)10(15(16,17)18)7-11(9)19-14(21)23/h6-7,12,20H,2-5H2,1H3,(H,19,23). The monoisotopic (exact) mass is 407 g/mol. The number of H-pyrrole nitrogens is 1. The van der Waals surface area contributed by atoms with Crippen LogP contribution in [0.4, 0.5) is 13.2 Å². The molecule has 148 valence electrons. The van der Waals surface area contributed by atoms with Crippen LogP contribution in [0.1, 0.15) is 36.5 Å². The van der Waals surface area contributed by atoms with Crippen molar-refractivity contribution in [1.82, 2.24) is 9.66 Å². The Kier molecular flexibility index (Phi) is 4.80. The Hall–Kier alpha value is -2.34. The number of hydrogen-bond acceptors (Lipinski definition) is 5. The van der Waals surface area contributed by atoms with Gasteiger partial charge < -0.3 is 9.72 Å². The molecule has 0 aliphatic carbocycles. The van der Waals surface area contributed by atoms with Crippen molar-refractivity contribution in [3.8, 4) is 0 Å². The molecular weight excluding hydrogens is 391 g/mol. The minimum atomic E-state index is -4.72. The third-order valence-corrected chi connectivity index (χ3v) is 4.67. The van der Waals surface area contributed by atoms with Gasteiger partial charge in [-0.15, -0.1) is 0 Å². The van der Waals surface area contributed by atoms with Crippen molar-refractivity contribution in [3.63, 3.8) is 0 Å². The maximum atomic E-state index is 13.5. The molecule has 1 unspecified atom stereocenters. The fraction of sp³-hybridized carbons (Fsp3) is 0.467. The van der Waals surface area contributed by atoms with E-state index in [0.717, 1.165) is 18.7 Å². The first-order valence-corrected chi connectivity index (χ1v) is 9.86. The summed E-state index contributed by atoms with van der Waals surface area (Å²) in [4.78, 5) is 28.3. The Morgan fingerprint density at radius 1 is 1.26 bits per heavy atom. The molecule has 1 aliphatic rings. The van der Waals surface area contributed by atoms with E-state index in [1.807, 2.05) is 0 Å². The number of rotatable bonds is 3. The van der Waals surface area contributed by atoms with Crippen LogP contribution in [0.3, 0.4) is 0 Å². The molecule has 1 fully saturated rings. The molecule has 1 saturated heterocycles. The van der Waals surface area contributed by atoms with E-state index in [4.69, 9.17) is 4.74 Å². The SMILES string of the molecule is CS(=O)(=O)Nn1c(=O)[nH]c2cc(C(F)(F)F)c(C3CCCCO3)cc2c1=O. The third-order valence-electron chi connectivity index (χ3n) is 4.16. The van der Waals surface area contributed by atoms with E-state index in [1.54, 1.807) is 4.83 Å². The van der Waals surface area contributed by atoms with Gasteiger partial charge in [-0.05, 0) is 37.0 Å². The minimum Gasteiger partial charge on any atom is -0.374 e. The van der Waals surface area contributed by atoms with Gasteiger partial charge in [0, 0.05) is 6.61 Å². The number of aromatic amines is 1. The number of nitrogens with zero attached hydrogens (tertiary/aromatic N) is 1. The van der Waals surface area contributed by atoms with Crippen LogP contribution < -0.4 is 16.1 Å². The predicted octanol–water partition coefficient (Wildman–Crippen LogP) is 1.45. The Morgan fingerprint density at radius 2 is 1.96 bits per heavy atom. The number of alkyl halides is 3. The van der Waals surface area contributed by atoms with Gasteiger partial charge in [-0.25, -0.2) is 18.0 Å². The molecule has 2 aromatic rings. The lowest BCUT2D eigenvalue weighted by molar-refractivity contribution is -0.139. The zero-order valence-corrected chi connectivity index (χ0v) is 14.9. The lowest BCUT2D eigenvalue weighted by Crippen LogP contribution is -2.43. The number of halogens is 3. The summed E-state index contributed by atoms with van der Waals surface area (Å²) in [6, 6.07) is 1.68. The highest BCUT2D eigenvalue weighted by molar-refractivity contribution is 7.91. The number of sulfonamides is 1. The van der Waals surface area contributed by atoms with Crippen molar-refractivity contribution in [1.29, 1.82) is 0 Å². The van der Waals surface area contributed by atoms with Gasteiger partial charge in [-0.3, -0.25) is 4.79 Å². The lowest BCUT2D eigenvalue weighted by Gasteiger charge is -2.26. The summed E-state index contributed by atoms with van der Waals surface area (Å²) in [6.45, 7) is 0.297. The van der Waals surface area contributed by atoms with Crippen LogP contribution in [0, 0.1) is 0 Å². The lowest BCUT2D eigenvalue weighted by atomic mass is 9.94. The van der Waals surface area contributed by atoms with Crippen molar-refractivity contribution in [2.75, 3.05) is 17.7 Å². The van der Waals surface area contributed by atoms with Crippen LogP contribution in [-0.4, -0.2) is 30.9 Å². The molecule has 8 nitrogen and oxygen atoms in total. The largest absolute Gasteiger partial charge is 0.416 e. The average molecular weight is 407 g/mol. The molecular formula is C15H16F3N3O5S. The van der Waals surface area contributed by atoms with E-state index in [2.05, 4.69) is 4.98 Å². The van der Waals surface area contributed by atoms with Crippen LogP contribution in [0.15, 0.2) is 21.7 Å². The summed E-state index contributed by atoms with van der Waals surface area (Å²) in [7, 11) is -3.96. The van der Waals surface area contributed by atoms with Gasteiger partial charge in [0.15, 0.2) is 0 Å². The van der Waals surface area contributed by atoms with Gasteiger partial charge in [-0.1, -0.05) is 0 Å². The average Bonchev–Trinajstić information content (AvgIpc) is 2.57. The molecule has 2 heterocycles. The van der Waals surface area contributed by atoms with E-state index < -0.39 is 39.1 Å². The van der Waals surface area contributed by atoms with Crippen molar-refractivity contribution in [2.24, 2.45) is 0 Å². The summed E-state index contributed by atoms with van der Waals surface area (Å²) in [5.41, 5.74) is -3.85. The molecule has 0 spiro atoms. The maximum absolute atomic E-state index is 13.5. The van der Waals surface area contributed by atoms with Crippen molar-refractivity contribution < 1.29 is 26.3 Å². The quantitative estimate of drug-likeness (QED) is 0.800. The Bertz CT molecular complexity index is 1100. The normalized spacial score (nSPS) is 18.6. The Balaban J connectivity index is 2.29. The summed E-state index contributed by atoms with van der Waals surface area (Å²) >= 11 is 0. The molecule has 1 atom stereocenters. The molecule has 1 aromatic carbocycles. The fourth-order valence-corrected chi connectivity index (χ4v) is 3.52. The van der Waals surface area contributed by atoms with Crippen molar-refractivity contribution in [3.05, 3.63) is 44.1 Å². The maximum Gasteiger partial charge on any atom is 0.416 e. The van der Waals surface area contributed by atoms with E-state index >= 15 is 0 Å². The highest BCUT2D eigenvalue weighted by atomic mass is 32.2. The van der Waals surface area contributed by atoms with Crippen molar-refractivity contribution >= 4 is 20.9 Å². The smallest absolute Gasteiger partial charge is 0.374 e. The van der Waals surface area contributed by atoms with Crippen LogP contribution in [0.2, 0.25) is 0 Å². The molecule has 27 heavy (non-hydrogen) atoms. The number of nitrogens with one attached hydrogen (secondary N) is 2. The Morgan fingerprint density at radius 3 is 2.52 bits per heavy atom. The second-order valence-electron chi connectivity index (χ2n) is 6.27. The molecule has 0 amide bonds. The molecule has 0 bridgehead atoms.